The van der Waals surface area contributed by atoms with E-state index < -0.39 is 5.91 Å². The minimum Gasteiger partial charge on any atom is -0.496 e. The number of carbonyl (C=O) groups excluding carboxylic acids is 1. The lowest BCUT2D eigenvalue weighted by Gasteiger charge is -2.06. The monoisotopic (exact) mass is 444 g/mol. The van der Waals surface area contributed by atoms with Crippen molar-refractivity contribution in [1.29, 1.82) is 0 Å². The maximum atomic E-state index is 12.5. The second-order valence-electron chi connectivity index (χ2n) is 6.79. The molecule has 32 heavy (non-hydrogen) atoms. The van der Waals surface area contributed by atoms with Gasteiger partial charge in [-0.25, -0.2) is 4.52 Å². The summed E-state index contributed by atoms with van der Waals surface area (Å²) in [5, 5.41) is 9.40. The average Bonchev–Trinajstić information content (AvgIpc) is 3.39. The van der Waals surface area contributed by atoms with Gasteiger partial charge in [-0.05, 0) is 30.3 Å². The van der Waals surface area contributed by atoms with Crippen molar-refractivity contribution in [2.75, 3.05) is 12.4 Å². The number of ether oxygens (including phenoxy) is 1. The van der Waals surface area contributed by atoms with E-state index in [4.69, 9.17) is 9.15 Å². The van der Waals surface area contributed by atoms with Gasteiger partial charge in [-0.2, -0.15) is 4.98 Å². The van der Waals surface area contributed by atoms with Gasteiger partial charge in [-0.3, -0.25) is 14.9 Å². The predicted octanol–water partition coefficient (Wildman–Crippen LogP) is 4.22. The summed E-state index contributed by atoms with van der Waals surface area (Å²) in [4.78, 5) is 29.9. The predicted molar refractivity (Wildman–Crippen MR) is 123 cm³/mol. The number of amides is 1. The molecular weight excluding hydrogens is 428 g/mol. The number of fused-ring (bicyclic) bond motifs is 2. The van der Waals surface area contributed by atoms with E-state index in [0.717, 1.165) is 11.3 Å². The highest BCUT2D eigenvalue weighted by Crippen LogP contribution is 2.32. The van der Waals surface area contributed by atoms with Crippen LogP contribution in [-0.2, 0) is 4.79 Å². The maximum Gasteiger partial charge on any atom is 0.250 e. The molecule has 3 heterocycles. The van der Waals surface area contributed by atoms with E-state index in [1.807, 2.05) is 29.6 Å². The molecule has 0 saturated carbocycles. The number of methoxy groups -OCH3 is 1. The molecule has 5 aromatic rings. The largest absolute Gasteiger partial charge is 0.496 e. The zero-order valence-corrected chi connectivity index (χ0v) is 17.6. The first-order valence-corrected chi connectivity index (χ1v) is 10.5. The lowest BCUT2D eigenvalue weighted by atomic mass is 10.1. The number of carbonyl (C=O) groups is 1. The van der Waals surface area contributed by atoms with Crippen LogP contribution in [0.4, 0.5) is 5.95 Å². The minimum absolute atomic E-state index is 0.160. The molecular formula is C23H16N4O4S. The van der Waals surface area contributed by atoms with Crippen molar-refractivity contribution in [3.63, 3.8) is 0 Å². The molecule has 158 valence electrons. The molecule has 1 N–H and O–H groups in total. The smallest absolute Gasteiger partial charge is 0.250 e. The molecule has 0 radical (unpaired) electrons. The van der Waals surface area contributed by atoms with E-state index in [9.17, 15) is 9.59 Å². The second-order valence-corrected chi connectivity index (χ2v) is 7.63. The van der Waals surface area contributed by atoms with Crippen molar-refractivity contribution in [2.24, 2.45) is 0 Å². The lowest BCUT2D eigenvalue weighted by molar-refractivity contribution is -0.111. The molecule has 1 amide bonds. The van der Waals surface area contributed by atoms with Gasteiger partial charge in [-0.15, -0.1) is 16.4 Å². The van der Waals surface area contributed by atoms with Crippen molar-refractivity contribution >= 4 is 45.2 Å². The Morgan fingerprint density at radius 1 is 1.19 bits per heavy atom. The molecule has 0 fully saturated rings. The summed E-state index contributed by atoms with van der Waals surface area (Å²) in [6.07, 6.45) is 3.99. The number of para-hydroxylation sites is 2. The first kappa shape index (κ1) is 19.7. The maximum absolute atomic E-state index is 12.5. The Morgan fingerprint density at radius 2 is 2.00 bits per heavy atom. The number of rotatable bonds is 5. The topological polar surface area (TPSA) is 98.7 Å². The highest BCUT2D eigenvalue weighted by atomic mass is 32.1. The van der Waals surface area contributed by atoms with Gasteiger partial charge < -0.3 is 9.15 Å². The van der Waals surface area contributed by atoms with Gasteiger partial charge in [0.25, 0.3) is 11.9 Å². The highest BCUT2D eigenvalue weighted by molar-refractivity contribution is 7.15. The quantitative estimate of drug-likeness (QED) is 0.408. The van der Waals surface area contributed by atoms with Crippen molar-refractivity contribution < 1.29 is 13.9 Å². The molecule has 2 aromatic carbocycles. The Morgan fingerprint density at radius 3 is 2.88 bits per heavy atom. The van der Waals surface area contributed by atoms with E-state index in [2.05, 4.69) is 15.4 Å². The number of anilines is 1. The number of aromatic nitrogens is 3. The molecule has 0 atom stereocenters. The fourth-order valence-electron chi connectivity index (χ4n) is 3.30. The molecule has 0 saturated heterocycles. The van der Waals surface area contributed by atoms with Crippen LogP contribution in [-0.4, -0.2) is 27.6 Å². The molecule has 5 rings (SSSR count). The Kier molecular flexibility index (Phi) is 5.00. The van der Waals surface area contributed by atoms with Crippen LogP contribution < -0.4 is 15.5 Å². The third-order valence-electron chi connectivity index (χ3n) is 4.82. The van der Waals surface area contributed by atoms with Gasteiger partial charge in [0.15, 0.2) is 5.43 Å². The van der Waals surface area contributed by atoms with Crippen LogP contribution in [0.1, 0.15) is 5.56 Å². The van der Waals surface area contributed by atoms with Crippen LogP contribution in [0, 0.1) is 0 Å². The number of nitrogens with one attached hydrogen (secondary N) is 1. The van der Waals surface area contributed by atoms with Gasteiger partial charge in [0.1, 0.15) is 17.6 Å². The Bertz CT molecular complexity index is 1550. The number of nitrogens with zero attached hydrogens (tertiary/aromatic N) is 3. The average molecular weight is 444 g/mol. The van der Waals surface area contributed by atoms with Crippen LogP contribution in [0.3, 0.4) is 0 Å². The summed E-state index contributed by atoms with van der Waals surface area (Å²) in [7, 11) is 1.61. The van der Waals surface area contributed by atoms with E-state index in [0.29, 0.717) is 21.7 Å². The summed E-state index contributed by atoms with van der Waals surface area (Å²) in [5.41, 5.74) is 2.23. The molecule has 0 unspecified atom stereocenters. The van der Waals surface area contributed by atoms with Gasteiger partial charge in [0.2, 0.25) is 4.96 Å². The molecule has 0 aliphatic carbocycles. The van der Waals surface area contributed by atoms with Crippen LogP contribution >= 0.6 is 11.3 Å². The molecule has 0 aliphatic heterocycles. The van der Waals surface area contributed by atoms with Crippen molar-refractivity contribution in [3.8, 4) is 17.0 Å². The molecule has 0 bridgehead atoms. The van der Waals surface area contributed by atoms with Crippen LogP contribution in [0.2, 0.25) is 0 Å². The first-order chi connectivity index (χ1) is 15.6. The SMILES string of the molecule is COc1ccccc1-c1csc2nc(NC(=O)/C=C/c3coc4ccccc4c3=O)nn12. The zero-order valence-electron chi connectivity index (χ0n) is 16.8. The van der Waals surface area contributed by atoms with Gasteiger partial charge in [-0.1, -0.05) is 24.3 Å². The van der Waals surface area contributed by atoms with Crippen molar-refractivity contribution in [1.82, 2.24) is 14.6 Å². The zero-order chi connectivity index (χ0) is 22.1. The molecule has 9 heteroatoms. The Balaban J connectivity index is 1.38. The van der Waals surface area contributed by atoms with Crippen molar-refractivity contribution in [3.05, 3.63) is 82.0 Å². The number of hydrogen-bond donors (Lipinski definition) is 1. The summed E-state index contributed by atoms with van der Waals surface area (Å²) in [5.74, 6) is 0.410. The fraction of sp³-hybridized carbons (Fsp3) is 0.0435. The third-order valence-corrected chi connectivity index (χ3v) is 5.64. The number of hydrogen-bond acceptors (Lipinski definition) is 7. The van der Waals surface area contributed by atoms with E-state index in [1.54, 1.807) is 35.9 Å². The second kappa shape index (κ2) is 8.12. The van der Waals surface area contributed by atoms with Crippen LogP contribution in [0.5, 0.6) is 5.75 Å². The Labute approximate surface area is 185 Å². The minimum atomic E-state index is -0.463. The van der Waals surface area contributed by atoms with Gasteiger partial charge >= 0.3 is 0 Å². The van der Waals surface area contributed by atoms with Gasteiger partial charge in [0.05, 0.1) is 23.8 Å². The lowest BCUT2D eigenvalue weighted by Crippen LogP contribution is -2.10. The molecule has 0 aliphatic rings. The van der Waals surface area contributed by atoms with E-state index in [1.165, 1.54) is 29.8 Å². The number of benzene rings is 2. The van der Waals surface area contributed by atoms with Crippen molar-refractivity contribution in [2.45, 2.75) is 0 Å². The van der Waals surface area contributed by atoms with Crippen LogP contribution in [0.15, 0.2) is 75.5 Å². The first-order valence-electron chi connectivity index (χ1n) is 9.61. The highest BCUT2D eigenvalue weighted by Gasteiger charge is 2.15. The van der Waals surface area contributed by atoms with E-state index in [-0.39, 0.29) is 16.9 Å². The summed E-state index contributed by atoms with van der Waals surface area (Å²) < 4.78 is 12.5. The molecule has 8 nitrogen and oxygen atoms in total. The fourth-order valence-corrected chi connectivity index (χ4v) is 4.12. The van der Waals surface area contributed by atoms with Crippen LogP contribution in [0.25, 0.3) is 33.3 Å². The normalized spacial score (nSPS) is 11.4. The third kappa shape index (κ3) is 3.54. The molecule has 3 aromatic heterocycles. The Hall–Kier alpha value is -4.24. The summed E-state index contributed by atoms with van der Waals surface area (Å²) in [6.45, 7) is 0. The standard InChI is InChI=1S/C23H16N4O4S/c1-30-18-8-4-2-6-15(18)17-13-32-23-25-22(26-27(17)23)24-20(28)11-10-14-12-31-19-9-5-3-7-16(19)21(14)29/h2-13H,1H3,(H,24,26,28)/b11-10+. The number of thiazole rings is 1. The summed E-state index contributed by atoms with van der Waals surface area (Å²) >= 11 is 1.40. The van der Waals surface area contributed by atoms with E-state index >= 15 is 0 Å². The summed E-state index contributed by atoms with van der Waals surface area (Å²) in [6, 6.07) is 14.5. The molecule has 0 spiro atoms. The van der Waals surface area contributed by atoms with Gasteiger partial charge in [0, 0.05) is 17.0 Å².